The molecule has 0 aliphatic rings. The predicted molar refractivity (Wildman–Crippen MR) is 122 cm³/mol. The Hall–Kier alpha value is -4.40. The molecule has 33 heavy (non-hydrogen) atoms. The molecule has 2 aromatic carbocycles. The summed E-state index contributed by atoms with van der Waals surface area (Å²) in [6, 6.07) is 17.2. The molecule has 168 valence electrons. The highest BCUT2D eigenvalue weighted by molar-refractivity contribution is 6.10. The van der Waals surface area contributed by atoms with Crippen molar-refractivity contribution in [3.8, 4) is 11.5 Å². The molecule has 0 saturated heterocycles. The second kappa shape index (κ2) is 8.99. The van der Waals surface area contributed by atoms with Crippen LogP contribution in [0.5, 0.6) is 11.5 Å². The molecular weight excluding hydrogens is 422 g/mol. The van der Waals surface area contributed by atoms with Crippen LogP contribution in [0.2, 0.25) is 0 Å². The largest absolute Gasteiger partial charge is 0.477 e. The second-order valence-corrected chi connectivity index (χ2v) is 7.56. The molecule has 0 spiro atoms. The lowest BCUT2D eigenvalue weighted by atomic mass is 10.2. The van der Waals surface area contributed by atoms with Crippen molar-refractivity contribution in [1.29, 1.82) is 0 Å². The topological polar surface area (TPSA) is 111 Å². The fourth-order valence-corrected chi connectivity index (χ4v) is 3.57. The van der Waals surface area contributed by atoms with Crippen molar-refractivity contribution >= 4 is 17.6 Å². The van der Waals surface area contributed by atoms with Gasteiger partial charge in [-0.3, -0.25) is 14.2 Å². The number of aryl methyl sites for hydroxylation is 2. The van der Waals surface area contributed by atoms with Gasteiger partial charge in [0.25, 0.3) is 5.91 Å². The number of benzene rings is 2. The first-order valence-corrected chi connectivity index (χ1v) is 10.3. The minimum Gasteiger partial charge on any atom is -0.477 e. The lowest BCUT2D eigenvalue weighted by Gasteiger charge is -2.09. The maximum Gasteiger partial charge on any atom is 0.354 e. The lowest BCUT2D eigenvalue weighted by molar-refractivity contribution is 0.0680. The smallest absolute Gasteiger partial charge is 0.354 e. The highest BCUT2D eigenvalue weighted by Gasteiger charge is 2.23. The van der Waals surface area contributed by atoms with Crippen LogP contribution in [-0.2, 0) is 13.6 Å². The number of carboxylic acid groups (broad SMARTS) is 1. The van der Waals surface area contributed by atoms with Crippen LogP contribution < -0.4 is 10.1 Å². The Balaban J connectivity index is 1.53. The predicted octanol–water partition coefficient (Wildman–Crippen LogP) is 4.02. The average Bonchev–Trinajstić information content (AvgIpc) is 3.30. The Bertz CT molecular complexity index is 1320. The summed E-state index contributed by atoms with van der Waals surface area (Å²) in [5.41, 5.74) is 2.70. The minimum absolute atomic E-state index is 0.0117. The molecule has 0 aliphatic carbocycles. The van der Waals surface area contributed by atoms with E-state index in [9.17, 15) is 14.7 Å². The van der Waals surface area contributed by atoms with Crippen molar-refractivity contribution in [3.63, 3.8) is 0 Å². The van der Waals surface area contributed by atoms with E-state index >= 15 is 0 Å². The van der Waals surface area contributed by atoms with E-state index in [-0.39, 0.29) is 11.3 Å². The molecule has 2 heterocycles. The van der Waals surface area contributed by atoms with E-state index in [1.165, 1.54) is 13.2 Å². The number of nitrogens with one attached hydrogen (secondary N) is 1. The molecule has 0 saturated carbocycles. The van der Waals surface area contributed by atoms with Crippen molar-refractivity contribution in [2.75, 3.05) is 5.32 Å². The van der Waals surface area contributed by atoms with Crippen LogP contribution >= 0.6 is 0 Å². The van der Waals surface area contributed by atoms with Gasteiger partial charge in [-0.25, -0.2) is 4.79 Å². The number of hydrogen-bond acceptors (Lipinski definition) is 5. The maximum atomic E-state index is 12.8. The van der Waals surface area contributed by atoms with Gasteiger partial charge in [0.05, 0.1) is 35.4 Å². The first kappa shape index (κ1) is 21.8. The Labute approximate surface area is 190 Å². The molecule has 0 unspecified atom stereocenters. The van der Waals surface area contributed by atoms with E-state index in [4.69, 9.17) is 4.74 Å². The van der Waals surface area contributed by atoms with Crippen molar-refractivity contribution in [3.05, 3.63) is 89.0 Å². The van der Waals surface area contributed by atoms with Gasteiger partial charge in [-0.15, -0.1) is 0 Å². The zero-order valence-corrected chi connectivity index (χ0v) is 18.4. The molecule has 1 amide bonds. The number of carbonyl (C=O) groups excluding carboxylic acids is 1. The summed E-state index contributed by atoms with van der Waals surface area (Å²) in [6.45, 7) is 4.11. The number of amides is 1. The summed E-state index contributed by atoms with van der Waals surface area (Å²) in [5.74, 6) is -0.306. The minimum atomic E-state index is -1.22. The van der Waals surface area contributed by atoms with E-state index in [1.807, 2.05) is 61.5 Å². The summed E-state index contributed by atoms with van der Waals surface area (Å²) >= 11 is 0. The summed E-state index contributed by atoms with van der Waals surface area (Å²) in [4.78, 5) is 24.2. The number of carboxylic acids is 1. The summed E-state index contributed by atoms with van der Waals surface area (Å²) < 4.78 is 8.85. The highest BCUT2D eigenvalue weighted by atomic mass is 16.5. The molecule has 2 aromatic heterocycles. The highest BCUT2D eigenvalue weighted by Crippen LogP contribution is 2.25. The molecule has 0 radical (unpaired) electrons. The molecular formula is C24H23N5O4. The van der Waals surface area contributed by atoms with Gasteiger partial charge in [-0.05, 0) is 43.7 Å². The number of aromatic nitrogens is 4. The lowest BCUT2D eigenvalue weighted by Crippen LogP contribution is -2.18. The molecule has 2 N–H and O–H groups in total. The second-order valence-electron chi connectivity index (χ2n) is 7.56. The van der Waals surface area contributed by atoms with Crippen LogP contribution in [0.15, 0.2) is 60.8 Å². The zero-order chi connectivity index (χ0) is 23.5. The molecule has 0 bridgehead atoms. The van der Waals surface area contributed by atoms with Gasteiger partial charge in [-0.2, -0.15) is 10.2 Å². The Morgan fingerprint density at radius 2 is 1.79 bits per heavy atom. The third kappa shape index (κ3) is 4.62. The average molecular weight is 445 g/mol. The van der Waals surface area contributed by atoms with Gasteiger partial charge in [0.15, 0.2) is 5.69 Å². The van der Waals surface area contributed by atoms with Crippen molar-refractivity contribution in [2.24, 2.45) is 7.05 Å². The number of aromatic carboxylic acids is 1. The molecule has 0 fully saturated rings. The Morgan fingerprint density at radius 3 is 2.52 bits per heavy atom. The quantitative estimate of drug-likeness (QED) is 0.444. The van der Waals surface area contributed by atoms with E-state index in [0.29, 0.717) is 23.7 Å². The van der Waals surface area contributed by atoms with Crippen LogP contribution in [-0.4, -0.2) is 36.5 Å². The van der Waals surface area contributed by atoms with E-state index < -0.39 is 11.9 Å². The number of anilines is 1. The summed E-state index contributed by atoms with van der Waals surface area (Å²) in [6.07, 6.45) is 1.24. The third-order valence-corrected chi connectivity index (χ3v) is 5.22. The monoisotopic (exact) mass is 445 g/mol. The first-order valence-electron chi connectivity index (χ1n) is 10.3. The number of para-hydroxylation sites is 1. The maximum absolute atomic E-state index is 12.8. The number of nitrogens with zero attached hydrogens (tertiary/aromatic N) is 4. The molecule has 4 aromatic rings. The van der Waals surface area contributed by atoms with Gasteiger partial charge < -0.3 is 15.2 Å². The van der Waals surface area contributed by atoms with Gasteiger partial charge in [0.1, 0.15) is 11.5 Å². The first-order chi connectivity index (χ1) is 15.8. The van der Waals surface area contributed by atoms with Crippen LogP contribution in [0.25, 0.3) is 0 Å². The summed E-state index contributed by atoms with van der Waals surface area (Å²) in [7, 11) is 1.48. The summed E-state index contributed by atoms with van der Waals surface area (Å²) in [5, 5.41) is 20.6. The normalized spacial score (nSPS) is 10.8. The standard InChI is InChI=1S/C24H23N5O4/c1-15-21(26-23(30)20-13-25-28(3)22(20)24(31)32)16(2)29(27-15)14-17-8-7-11-19(12-17)33-18-9-5-4-6-10-18/h4-13H,14H2,1-3H3,(H,26,30)(H,31,32). The van der Waals surface area contributed by atoms with Gasteiger partial charge in [0.2, 0.25) is 0 Å². The van der Waals surface area contributed by atoms with E-state index in [2.05, 4.69) is 15.5 Å². The van der Waals surface area contributed by atoms with Crippen molar-refractivity contribution in [2.45, 2.75) is 20.4 Å². The number of ether oxygens (including phenoxy) is 1. The zero-order valence-electron chi connectivity index (χ0n) is 18.4. The van der Waals surface area contributed by atoms with Gasteiger partial charge in [0, 0.05) is 7.05 Å². The van der Waals surface area contributed by atoms with Crippen LogP contribution in [0.1, 0.15) is 37.8 Å². The number of rotatable bonds is 7. The number of hydrogen-bond donors (Lipinski definition) is 2. The van der Waals surface area contributed by atoms with Crippen molar-refractivity contribution in [1.82, 2.24) is 19.6 Å². The van der Waals surface area contributed by atoms with Gasteiger partial charge in [-0.1, -0.05) is 30.3 Å². The van der Waals surface area contributed by atoms with Gasteiger partial charge >= 0.3 is 5.97 Å². The van der Waals surface area contributed by atoms with Crippen LogP contribution in [0.4, 0.5) is 5.69 Å². The van der Waals surface area contributed by atoms with Crippen LogP contribution in [0.3, 0.4) is 0 Å². The van der Waals surface area contributed by atoms with E-state index in [1.54, 1.807) is 11.6 Å². The molecule has 9 nitrogen and oxygen atoms in total. The molecule has 4 rings (SSSR count). The van der Waals surface area contributed by atoms with E-state index in [0.717, 1.165) is 21.7 Å². The molecule has 0 aliphatic heterocycles. The fourth-order valence-electron chi connectivity index (χ4n) is 3.57. The molecule has 9 heteroatoms. The third-order valence-electron chi connectivity index (χ3n) is 5.22. The van der Waals surface area contributed by atoms with Crippen molar-refractivity contribution < 1.29 is 19.4 Å². The van der Waals surface area contributed by atoms with Crippen LogP contribution in [0, 0.1) is 13.8 Å². The number of carbonyl (C=O) groups is 2. The Morgan fingerprint density at radius 1 is 1.06 bits per heavy atom. The SMILES string of the molecule is Cc1nn(Cc2cccc(Oc3ccccc3)c2)c(C)c1NC(=O)c1cnn(C)c1C(=O)O. The Kier molecular flexibility index (Phi) is 5.95. The molecule has 0 atom stereocenters. The fraction of sp³-hybridized carbons (Fsp3) is 0.167.